The van der Waals surface area contributed by atoms with Crippen LogP contribution in [-0.2, 0) is 6.54 Å². The van der Waals surface area contributed by atoms with Gasteiger partial charge in [-0.05, 0) is 43.1 Å². The molecule has 1 aromatic carbocycles. The Kier molecular flexibility index (Phi) is 4.33. The number of fused-ring (bicyclic) bond motifs is 1. The Morgan fingerprint density at radius 2 is 2.22 bits per heavy atom. The molecule has 0 saturated carbocycles. The molecule has 2 rings (SSSR count). The number of aliphatic hydroxyl groups excluding tert-OH is 1. The van der Waals surface area contributed by atoms with Crippen molar-refractivity contribution in [3.05, 3.63) is 35.8 Å². The Bertz CT molecular complexity index is 509. The lowest BCUT2D eigenvalue weighted by atomic mass is 10.1. The van der Waals surface area contributed by atoms with E-state index in [4.69, 9.17) is 9.52 Å². The van der Waals surface area contributed by atoms with Crippen LogP contribution < -0.4 is 5.32 Å². The minimum absolute atomic E-state index is 0.215. The zero-order valence-corrected chi connectivity index (χ0v) is 10.4. The molecule has 2 N–H and O–H groups in total. The van der Waals surface area contributed by atoms with Gasteiger partial charge in [0.2, 0.25) is 0 Å². The molecule has 1 atom stereocenters. The van der Waals surface area contributed by atoms with Crippen LogP contribution in [-0.4, -0.2) is 18.3 Å². The first-order chi connectivity index (χ1) is 8.69. The second kappa shape index (κ2) is 5.98. The van der Waals surface area contributed by atoms with Gasteiger partial charge in [-0.15, -0.1) is 0 Å². The van der Waals surface area contributed by atoms with Crippen molar-refractivity contribution in [1.29, 1.82) is 0 Å². The van der Waals surface area contributed by atoms with Crippen molar-refractivity contribution in [3.8, 4) is 0 Å². The lowest BCUT2D eigenvalue weighted by Crippen LogP contribution is -2.21. The van der Waals surface area contributed by atoms with Crippen LogP contribution in [0, 0.1) is 11.7 Å². The third kappa shape index (κ3) is 3.31. The standard InChI is InChI=1S/C14H18FNO2/c1-10(4-5-17)8-16-9-13-7-11-6-12(15)2-3-14(11)18-13/h2-3,6-7,10,16-17H,4-5,8-9H2,1H3. The van der Waals surface area contributed by atoms with E-state index in [1.165, 1.54) is 12.1 Å². The molecule has 3 nitrogen and oxygen atoms in total. The number of rotatable bonds is 6. The maximum Gasteiger partial charge on any atom is 0.134 e. The van der Waals surface area contributed by atoms with E-state index in [2.05, 4.69) is 12.2 Å². The molecular formula is C14H18FNO2. The molecule has 0 aliphatic rings. The van der Waals surface area contributed by atoms with E-state index >= 15 is 0 Å². The van der Waals surface area contributed by atoms with Crippen LogP contribution in [0.1, 0.15) is 19.1 Å². The summed E-state index contributed by atoms with van der Waals surface area (Å²) >= 11 is 0. The largest absolute Gasteiger partial charge is 0.460 e. The summed E-state index contributed by atoms with van der Waals surface area (Å²) in [7, 11) is 0. The topological polar surface area (TPSA) is 45.4 Å². The lowest BCUT2D eigenvalue weighted by molar-refractivity contribution is 0.259. The quantitative estimate of drug-likeness (QED) is 0.829. The zero-order chi connectivity index (χ0) is 13.0. The predicted molar refractivity (Wildman–Crippen MR) is 68.7 cm³/mol. The Labute approximate surface area is 106 Å². The molecule has 98 valence electrons. The SMILES string of the molecule is CC(CCO)CNCc1cc2cc(F)ccc2o1. The minimum atomic E-state index is -0.251. The number of nitrogens with one attached hydrogen (secondary N) is 1. The highest BCUT2D eigenvalue weighted by Gasteiger charge is 2.05. The van der Waals surface area contributed by atoms with Crippen molar-refractivity contribution in [2.45, 2.75) is 19.9 Å². The van der Waals surface area contributed by atoms with Crippen molar-refractivity contribution >= 4 is 11.0 Å². The summed E-state index contributed by atoms with van der Waals surface area (Å²) < 4.78 is 18.6. The first-order valence-corrected chi connectivity index (χ1v) is 6.18. The van der Waals surface area contributed by atoms with Crippen LogP contribution in [0.3, 0.4) is 0 Å². The van der Waals surface area contributed by atoms with Gasteiger partial charge in [-0.25, -0.2) is 4.39 Å². The Morgan fingerprint density at radius 3 is 3.00 bits per heavy atom. The number of hydrogen-bond acceptors (Lipinski definition) is 3. The third-order valence-corrected chi connectivity index (χ3v) is 2.94. The maximum atomic E-state index is 13.0. The molecule has 0 fully saturated rings. The van der Waals surface area contributed by atoms with Gasteiger partial charge in [-0.1, -0.05) is 6.92 Å². The fourth-order valence-electron chi connectivity index (χ4n) is 1.92. The maximum absolute atomic E-state index is 13.0. The fraction of sp³-hybridized carbons (Fsp3) is 0.429. The minimum Gasteiger partial charge on any atom is -0.460 e. The van der Waals surface area contributed by atoms with Gasteiger partial charge in [-0.2, -0.15) is 0 Å². The molecule has 0 radical (unpaired) electrons. The van der Waals surface area contributed by atoms with Crippen molar-refractivity contribution in [2.24, 2.45) is 5.92 Å². The van der Waals surface area contributed by atoms with E-state index in [1.807, 2.05) is 6.07 Å². The van der Waals surface area contributed by atoms with Crippen molar-refractivity contribution in [1.82, 2.24) is 5.32 Å². The summed E-state index contributed by atoms with van der Waals surface area (Å²) in [6.45, 7) is 3.74. The van der Waals surface area contributed by atoms with Gasteiger partial charge in [0.25, 0.3) is 0 Å². The number of hydrogen-bond donors (Lipinski definition) is 2. The van der Waals surface area contributed by atoms with Crippen molar-refractivity contribution in [2.75, 3.05) is 13.2 Å². The molecule has 1 heterocycles. The zero-order valence-electron chi connectivity index (χ0n) is 10.4. The Balaban J connectivity index is 1.92. The summed E-state index contributed by atoms with van der Waals surface area (Å²) in [4.78, 5) is 0. The molecule has 0 aliphatic heterocycles. The normalized spacial score (nSPS) is 13.1. The molecule has 0 amide bonds. The molecular weight excluding hydrogens is 233 g/mol. The first-order valence-electron chi connectivity index (χ1n) is 6.18. The molecule has 18 heavy (non-hydrogen) atoms. The summed E-state index contributed by atoms with van der Waals surface area (Å²) in [5, 5.41) is 12.8. The number of halogens is 1. The van der Waals surface area contributed by atoms with Gasteiger partial charge in [0.1, 0.15) is 17.2 Å². The van der Waals surface area contributed by atoms with E-state index in [0.29, 0.717) is 18.0 Å². The summed E-state index contributed by atoms with van der Waals surface area (Å²) in [6.07, 6.45) is 0.790. The van der Waals surface area contributed by atoms with Crippen LogP contribution in [0.4, 0.5) is 4.39 Å². The fourth-order valence-corrected chi connectivity index (χ4v) is 1.92. The van der Waals surface area contributed by atoms with Gasteiger partial charge in [0.15, 0.2) is 0 Å². The molecule has 0 aliphatic carbocycles. The first kappa shape index (κ1) is 13.1. The Hall–Kier alpha value is -1.39. The van der Waals surface area contributed by atoms with Gasteiger partial charge in [0, 0.05) is 12.0 Å². The molecule has 0 spiro atoms. The average Bonchev–Trinajstić information content (AvgIpc) is 2.71. The molecule has 0 saturated heterocycles. The smallest absolute Gasteiger partial charge is 0.134 e. The van der Waals surface area contributed by atoms with Crippen LogP contribution >= 0.6 is 0 Å². The third-order valence-electron chi connectivity index (χ3n) is 2.94. The molecule has 2 aromatic rings. The summed E-state index contributed by atoms with van der Waals surface area (Å²) in [6, 6.07) is 6.35. The van der Waals surface area contributed by atoms with E-state index in [9.17, 15) is 4.39 Å². The molecule has 4 heteroatoms. The highest BCUT2D eigenvalue weighted by atomic mass is 19.1. The number of aliphatic hydroxyl groups is 1. The highest BCUT2D eigenvalue weighted by molar-refractivity contribution is 5.77. The van der Waals surface area contributed by atoms with E-state index in [1.54, 1.807) is 6.07 Å². The van der Waals surface area contributed by atoms with Crippen LogP contribution in [0.15, 0.2) is 28.7 Å². The van der Waals surface area contributed by atoms with E-state index < -0.39 is 0 Å². The second-order valence-corrected chi connectivity index (χ2v) is 4.64. The summed E-state index contributed by atoms with van der Waals surface area (Å²) in [5.41, 5.74) is 0.705. The predicted octanol–water partition coefficient (Wildman–Crippen LogP) is 2.68. The second-order valence-electron chi connectivity index (χ2n) is 4.64. The van der Waals surface area contributed by atoms with E-state index in [-0.39, 0.29) is 12.4 Å². The van der Waals surface area contributed by atoms with Gasteiger partial charge in [-0.3, -0.25) is 0 Å². The van der Waals surface area contributed by atoms with Crippen molar-refractivity contribution < 1.29 is 13.9 Å². The molecule has 1 aromatic heterocycles. The van der Waals surface area contributed by atoms with Gasteiger partial charge < -0.3 is 14.8 Å². The molecule has 0 bridgehead atoms. The number of benzene rings is 1. The van der Waals surface area contributed by atoms with Gasteiger partial charge >= 0.3 is 0 Å². The summed E-state index contributed by atoms with van der Waals surface area (Å²) in [5.74, 6) is 0.975. The van der Waals surface area contributed by atoms with Crippen molar-refractivity contribution in [3.63, 3.8) is 0 Å². The van der Waals surface area contributed by atoms with Crippen LogP contribution in [0.25, 0.3) is 11.0 Å². The highest BCUT2D eigenvalue weighted by Crippen LogP contribution is 2.20. The number of furan rings is 1. The Morgan fingerprint density at radius 1 is 1.39 bits per heavy atom. The molecule has 1 unspecified atom stereocenters. The monoisotopic (exact) mass is 251 g/mol. The average molecular weight is 251 g/mol. The van der Waals surface area contributed by atoms with Crippen LogP contribution in [0.2, 0.25) is 0 Å². The van der Waals surface area contributed by atoms with Gasteiger partial charge in [0.05, 0.1) is 6.54 Å². The lowest BCUT2D eigenvalue weighted by Gasteiger charge is -2.09. The van der Waals surface area contributed by atoms with Crippen LogP contribution in [0.5, 0.6) is 0 Å². The van der Waals surface area contributed by atoms with E-state index in [0.717, 1.165) is 24.1 Å².